The number of nitrogens with zero attached hydrogens (tertiary/aromatic N) is 2. The van der Waals surface area contributed by atoms with Gasteiger partial charge in [0.25, 0.3) is 0 Å². The molecule has 0 aliphatic carbocycles. The van der Waals surface area contributed by atoms with E-state index in [-0.39, 0.29) is 16.5 Å². The standard InChI is InChI=1S/C17H18FN3O3S/c1-3-16(13-6-7-24-11-13)20-25(22,23)14-4-5-17(15(18)8-14)21-10-12(2)9-19-21/h1,4-5,8-10,13,16,20H,6-7,11H2,2H3/t13-,16-/m1/s1. The minimum Gasteiger partial charge on any atom is -0.381 e. The molecule has 0 unspecified atom stereocenters. The van der Waals surface area contributed by atoms with Crippen LogP contribution in [0.4, 0.5) is 4.39 Å². The average Bonchev–Trinajstić information content (AvgIpc) is 3.24. The molecule has 0 spiro atoms. The summed E-state index contributed by atoms with van der Waals surface area (Å²) < 4.78 is 48.5. The largest absolute Gasteiger partial charge is 0.381 e. The molecule has 1 saturated heterocycles. The van der Waals surface area contributed by atoms with E-state index in [9.17, 15) is 12.8 Å². The Bertz CT molecular complexity index is 911. The molecule has 2 aromatic rings. The number of hydrogen-bond donors (Lipinski definition) is 1. The van der Waals surface area contributed by atoms with E-state index in [2.05, 4.69) is 15.7 Å². The number of terminal acetylenes is 1. The number of benzene rings is 1. The van der Waals surface area contributed by atoms with Gasteiger partial charge in [0, 0.05) is 18.7 Å². The van der Waals surface area contributed by atoms with Gasteiger partial charge in [0.15, 0.2) is 0 Å². The number of aryl methyl sites for hydroxylation is 1. The van der Waals surface area contributed by atoms with Gasteiger partial charge in [-0.3, -0.25) is 0 Å². The number of aromatic nitrogens is 2. The second-order valence-corrected chi connectivity index (χ2v) is 7.68. The molecule has 132 valence electrons. The first-order chi connectivity index (χ1) is 11.9. The highest BCUT2D eigenvalue weighted by molar-refractivity contribution is 7.89. The summed E-state index contributed by atoms with van der Waals surface area (Å²) in [6.45, 7) is 2.79. The van der Waals surface area contributed by atoms with Crippen molar-refractivity contribution in [1.29, 1.82) is 0 Å². The molecule has 1 aliphatic rings. The average molecular weight is 363 g/mol. The maximum absolute atomic E-state index is 14.4. The van der Waals surface area contributed by atoms with Crippen LogP contribution in [0.1, 0.15) is 12.0 Å². The zero-order valence-corrected chi connectivity index (χ0v) is 14.5. The van der Waals surface area contributed by atoms with Gasteiger partial charge in [-0.15, -0.1) is 6.42 Å². The van der Waals surface area contributed by atoms with Crippen molar-refractivity contribution in [2.24, 2.45) is 5.92 Å². The molecule has 6 nitrogen and oxygen atoms in total. The minimum absolute atomic E-state index is 0.0871. The van der Waals surface area contributed by atoms with E-state index in [0.717, 1.165) is 11.6 Å². The normalized spacial score (nSPS) is 18.8. The van der Waals surface area contributed by atoms with Gasteiger partial charge >= 0.3 is 0 Å². The van der Waals surface area contributed by atoms with Crippen molar-refractivity contribution in [1.82, 2.24) is 14.5 Å². The number of sulfonamides is 1. The summed E-state index contributed by atoms with van der Waals surface area (Å²) in [4.78, 5) is -0.184. The minimum atomic E-state index is -3.94. The van der Waals surface area contributed by atoms with Gasteiger partial charge in [-0.1, -0.05) is 5.92 Å². The molecule has 1 aromatic heterocycles. The molecule has 0 amide bonds. The molecule has 1 fully saturated rings. The zero-order valence-electron chi connectivity index (χ0n) is 13.6. The summed E-state index contributed by atoms with van der Waals surface area (Å²) in [7, 11) is -3.94. The third-order valence-corrected chi connectivity index (χ3v) is 5.52. The number of hydrogen-bond acceptors (Lipinski definition) is 4. The predicted octanol–water partition coefficient (Wildman–Crippen LogP) is 1.64. The summed E-state index contributed by atoms with van der Waals surface area (Å²) in [5.41, 5.74) is 1.04. The first kappa shape index (κ1) is 17.6. The van der Waals surface area contributed by atoms with E-state index in [1.807, 2.05) is 6.92 Å². The lowest BCUT2D eigenvalue weighted by molar-refractivity contribution is 0.183. The molecule has 25 heavy (non-hydrogen) atoms. The third kappa shape index (κ3) is 3.74. The van der Waals surface area contributed by atoms with Crippen molar-refractivity contribution in [3.05, 3.63) is 42.0 Å². The van der Waals surface area contributed by atoms with E-state index in [0.29, 0.717) is 19.6 Å². The topological polar surface area (TPSA) is 73.2 Å². The van der Waals surface area contributed by atoms with Gasteiger partial charge in [0.05, 0.1) is 23.7 Å². The number of halogens is 1. The van der Waals surface area contributed by atoms with Crippen LogP contribution in [0.15, 0.2) is 35.5 Å². The van der Waals surface area contributed by atoms with Crippen LogP contribution in [0.5, 0.6) is 0 Å². The maximum atomic E-state index is 14.4. The Labute approximate surface area is 146 Å². The molecule has 8 heteroatoms. The fraction of sp³-hybridized carbons (Fsp3) is 0.353. The molecule has 1 N–H and O–H groups in total. The van der Waals surface area contributed by atoms with Crippen molar-refractivity contribution >= 4 is 10.0 Å². The fourth-order valence-electron chi connectivity index (χ4n) is 2.70. The Hall–Kier alpha value is -2.21. The molecule has 1 aliphatic heterocycles. The quantitative estimate of drug-likeness (QED) is 0.820. The van der Waals surface area contributed by atoms with Crippen LogP contribution in [0, 0.1) is 31.0 Å². The molecule has 0 saturated carbocycles. The van der Waals surface area contributed by atoms with Gasteiger partial charge in [0.2, 0.25) is 10.0 Å². The van der Waals surface area contributed by atoms with Gasteiger partial charge < -0.3 is 4.74 Å². The monoisotopic (exact) mass is 363 g/mol. The van der Waals surface area contributed by atoms with Gasteiger partial charge in [-0.25, -0.2) is 17.5 Å². The predicted molar refractivity (Wildman–Crippen MR) is 90.1 cm³/mol. The van der Waals surface area contributed by atoms with Crippen LogP contribution in [0.25, 0.3) is 5.69 Å². The van der Waals surface area contributed by atoms with E-state index in [1.54, 1.807) is 12.4 Å². The van der Waals surface area contributed by atoms with E-state index < -0.39 is 21.9 Å². The molecule has 0 radical (unpaired) electrons. The molecule has 3 rings (SSSR count). The highest BCUT2D eigenvalue weighted by atomic mass is 32.2. The second-order valence-electron chi connectivity index (χ2n) is 5.96. The summed E-state index contributed by atoms with van der Waals surface area (Å²) in [5.74, 6) is 1.67. The van der Waals surface area contributed by atoms with Crippen LogP contribution in [0.2, 0.25) is 0 Å². The smallest absolute Gasteiger partial charge is 0.241 e. The highest BCUT2D eigenvalue weighted by Crippen LogP contribution is 2.21. The van der Waals surface area contributed by atoms with E-state index in [4.69, 9.17) is 11.2 Å². The Morgan fingerprint density at radius 2 is 2.32 bits per heavy atom. The van der Waals surface area contributed by atoms with Crippen molar-refractivity contribution in [2.45, 2.75) is 24.3 Å². The Morgan fingerprint density at radius 3 is 2.88 bits per heavy atom. The van der Waals surface area contributed by atoms with Crippen LogP contribution < -0.4 is 4.72 Å². The third-order valence-electron chi connectivity index (χ3n) is 4.09. The molecule has 2 heterocycles. The SMILES string of the molecule is C#C[C@@H](NS(=O)(=O)c1ccc(-n2cc(C)cn2)c(F)c1)[C@@H]1CCOC1. The van der Waals surface area contributed by atoms with Crippen molar-refractivity contribution in [3.63, 3.8) is 0 Å². The first-order valence-electron chi connectivity index (χ1n) is 7.78. The first-order valence-corrected chi connectivity index (χ1v) is 9.26. The fourth-order valence-corrected chi connectivity index (χ4v) is 3.94. The zero-order chi connectivity index (χ0) is 18.0. The van der Waals surface area contributed by atoms with Gasteiger partial charge in [-0.05, 0) is 37.1 Å². The summed E-state index contributed by atoms with van der Waals surface area (Å²) in [6, 6.07) is 2.98. The van der Waals surface area contributed by atoms with Gasteiger partial charge in [0.1, 0.15) is 11.5 Å². The lowest BCUT2D eigenvalue weighted by Crippen LogP contribution is -2.39. The van der Waals surface area contributed by atoms with Crippen molar-refractivity contribution < 1.29 is 17.5 Å². The Kier molecular flexibility index (Phi) is 4.90. The molecule has 0 bridgehead atoms. The molecule has 2 atom stereocenters. The lowest BCUT2D eigenvalue weighted by atomic mass is 10.0. The van der Waals surface area contributed by atoms with Gasteiger partial charge in [-0.2, -0.15) is 9.82 Å². The number of ether oxygens (including phenoxy) is 1. The van der Waals surface area contributed by atoms with E-state index in [1.165, 1.54) is 16.8 Å². The Balaban J connectivity index is 1.85. The molecular formula is C17H18FN3O3S. The Morgan fingerprint density at radius 1 is 1.52 bits per heavy atom. The van der Waals surface area contributed by atoms with Crippen LogP contribution >= 0.6 is 0 Å². The summed E-state index contributed by atoms with van der Waals surface area (Å²) in [5, 5.41) is 4.02. The van der Waals surface area contributed by atoms with Crippen LogP contribution in [0.3, 0.4) is 0 Å². The van der Waals surface area contributed by atoms with E-state index >= 15 is 0 Å². The molecular weight excluding hydrogens is 345 g/mol. The maximum Gasteiger partial charge on any atom is 0.241 e. The second kappa shape index (κ2) is 6.96. The van der Waals surface area contributed by atoms with Crippen molar-refractivity contribution in [3.8, 4) is 18.0 Å². The highest BCUT2D eigenvalue weighted by Gasteiger charge is 2.29. The summed E-state index contributed by atoms with van der Waals surface area (Å²) in [6.07, 6.45) is 9.38. The lowest BCUT2D eigenvalue weighted by Gasteiger charge is -2.18. The summed E-state index contributed by atoms with van der Waals surface area (Å²) >= 11 is 0. The number of rotatable bonds is 5. The molecule has 1 aromatic carbocycles. The van der Waals surface area contributed by atoms with Crippen LogP contribution in [-0.4, -0.2) is 37.5 Å². The van der Waals surface area contributed by atoms with Crippen molar-refractivity contribution in [2.75, 3.05) is 13.2 Å². The van der Waals surface area contributed by atoms with Crippen LogP contribution in [-0.2, 0) is 14.8 Å². The number of nitrogens with one attached hydrogen (secondary N) is 1.